The summed E-state index contributed by atoms with van der Waals surface area (Å²) in [6, 6.07) is 102. The summed E-state index contributed by atoms with van der Waals surface area (Å²) in [5, 5.41) is 7.05. The lowest BCUT2D eigenvalue weighted by Crippen LogP contribution is -2.11. The number of rotatable bonds is 12. The summed E-state index contributed by atoms with van der Waals surface area (Å²) in [5.74, 6) is -0.746. The van der Waals surface area contributed by atoms with Crippen LogP contribution < -0.4 is 14.7 Å². The SMILES string of the molecule is Fc1ccc(N(c2cccc(-c3cc(-c4ccccc4N(c4ccccc4)c4ccccc4)c4c(c3)sc3c5ccccc5c(-c5cccc(N(c6ccccc6)c6ccc7ccccc7c6)c5)cc34)c2)c2ccccc2F)cc1. The van der Waals surface area contributed by atoms with Crippen molar-refractivity contribution in [1.82, 2.24) is 0 Å². The quantitative estimate of drug-likeness (QED) is 0.121. The zero-order valence-corrected chi connectivity index (χ0v) is 44.1. The highest BCUT2D eigenvalue weighted by molar-refractivity contribution is 7.26. The van der Waals surface area contributed by atoms with Gasteiger partial charge in [0.2, 0.25) is 0 Å². The summed E-state index contributed by atoms with van der Waals surface area (Å²) in [6.45, 7) is 0. The zero-order chi connectivity index (χ0) is 53.5. The Bertz CT molecular complexity index is 4540. The zero-order valence-electron chi connectivity index (χ0n) is 43.3. The fourth-order valence-electron chi connectivity index (χ4n) is 11.5. The van der Waals surface area contributed by atoms with Crippen LogP contribution in [-0.4, -0.2) is 0 Å². The van der Waals surface area contributed by atoms with Crippen molar-refractivity contribution in [3.05, 3.63) is 309 Å². The fourth-order valence-corrected chi connectivity index (χ4v) is 12.7. The van der Waals surface area contributed by atoms with Crippen molar-refractivity contribution in [2.45, 2.75) is 0 Å². The van der Waals surface area contributed by atoms with Crippen LogP contribution in [0.15, 0.2) is 297 Å². The molecule has 0 spiro atoms. The highest BCUT2D eigenvalue weighted by atomic mass is 32.1. The van der Waals surface area contributed by atoms with E-state index in [0.29, 0.717) is 11.4 Å². The van der Waals surface area contributed by atoms with Crippen LogP contribution in [0.3, 0.4) is 0 Å². The number of anilines is 9. The van der Waals surface area contributed by atoms with Gasteiger partial charge in [-0.25, -0.2) is 8.78 Å². The van der Waals surface area contributed by atoms with E-state index >= 15 is 4.39 Å². The molecule has 1 heterocycles. The monoisotopic (exact) mass is 1050 g/mol. The molecule has 14 aromatic rings. The molecule has 6 heteroatoms. The lowest BCUT2D eigenvalue weighted by atomic mass is 9.90. The Morgan fingerprint density at radius 1 is 0.275 bits per heavy atom. The van der Waals surface area contributed by atoms with Crippen LogP contribution in [0.1, 0.15) is 0 Å². The molecule has 13 aromatic carbocycles. The maximum absolute atomic E-state index is 15.9. The van der Waals surface area contributed by atoms with Gasteiger partial charge in [0, 0.05) is 70.9 Å². The molecule has 0 atom stereocenters. The molecule has 0 bridgehead atoms. The van der Waals surface area contributed by atoms with Crippen molar-refractivity contribution >= 4 is 104 Å². The van der Waals surface area contributed by atoms with Crippen molar-refractivity contribution in [2.24, 2.45) is 0 Å². The van der Waals surface area contributed by atoms with E-state index in [0.717, 1.165) is 88.7 Å². The third kappa shape index (κ3) is 8.88. The lowest BCUT2D eigenvalue weighted by Gasteiger charge is -2.28. The Hall–Kier alpha value is -10.1. The molecule has 0 saturated carbocycles. The van der Waals surface area contributed by atoms with E-state index < -0.39 is 0 Å². The normalized spacial score (nSPS) is 11.4. The first-order valence-corrected chi connectivity index (χ1v) is 27.6. The van der Waals surface area contributed by atoms with Crippen molar-refractivity contribution in [3.63, 3.8) is 0 Å². The first kappa shape index (κ1) is 48.2. The molecule has 14 rings (SSSR count). The number of benzene rings is 13. The van der Waals surface area contributed by atoms with Gasteiger partial charge in [0.25, 0.3) is 0 Å². The molecule has 0 amide bonds. The van der Waals surface area contributed by atoms with E-state index in [9.17, 15) is 4.39 Å². The summed E-state index contributed by atoms with van der Waals surface area (Å²) >= 11 is 1.81. The third-order valence-electron chi connectivity index (χ3n) is 15.1. The van der Waals surface area contributed by atoms with Gasteiger partial charge in [-0.2, -0.15) is 0 Å². The predicted molar refractivity (Wildman–Crippen MR) is 335 cm³/mol. The average Bonchev–Trinajstić information content (AvgIpc) is 3.96. The number of hydrogen-bond donors (Lipinski definition) is 0. The smallest absolute Gasteiger partial charge is 0.147 e. The van der Waals surface area contributed by atoms with E-state index in [-0.39, 0.29) is 11.6 Å². The fraction of sp³-hybridized carbons (Fsp3) is 0. The van der Waals surface area contributed by atoms with Gasteiger partial charge >= 0.3 is 0 Å². The lowest BCUT2D eigenvalue weighted by molar-refractivity contribution is 0.626. The molecule has 0 unspecified atom stereocenters. The number of halogens is 2. The Balaban J connectivity index is 1.01. The number of thiophene rings is 1. The molecule has 0 fully saturated rings. The molecule has 3 nitrogen and oxygen atoms in total. The van der Waals surface area contributed by atoms with E-state index in [4.69, 9.17) is 0 Å². The number of para-hydroxylation sites is 5. The molecule has 0 N–H and O–H groups in total. The minimum absolute atomic E-state index is 0.362. The van der Waals surface area contributed by atoms with Crippen LogP contribution in [0.5, 0.6) is 0 Å². The maximum atomic E-state index is 15.9. The van der Waals surface area contributed by atoms with Crippen molar-refractivity contribution in [3.8, 4) is 33.4 Å². The second-order valence-corrected chi connectivity index (χ2v) is 21.0. The summed E-state index contributed by atoms with van der Waals surface area (Å²) in [7, 11) is 0. The molecule has 1 aromatic heterocycles. The van der Waals surface area contributed by atoms with Crippen LogP contribution in [-0.2, 0) is 0 Å². The summed E-state index contributed by atoms with van der Waals surface area (Å²) < 4.78 is 32.8. The van der Waals surface area contributed by atoms with Crippen LogP contribution in [0.25, 0.3) is 75.1 Å². The van der Waals surface area contributed by atoms with Gasteiger partial charge < -0.3 is 14.7 Å². The van der Waals surface area contributed by atoms with E-state index in [2.05, 4.69) is 246 Å². The predicted octanol–water partition coefficient (Wildman–Crippen LogP) is 22.0. The molecular formula is C74H49F2N3S. The van der Waals surface area contributed by atoms with Gasteiger partial charge in [-0.3, -0.25) is 0 Å². The molecule has 0 radical (unpaired) electrons. The first-order chi connectivity index (χ1) is 39.5. The van der Waals surface area contributed by atoms with E-state index in [1.54, 1.807) is 24.3 Å². The highest BCUT2D eigenvalue weighted by Gasteiger charge is 2.24. The van der Waals surface area contributed by atoms with Gasteiger partial charge in [0.05, 0.1) is 11.4 Å². The Labute approximate surface area is 467 Å². The van der Waals surface area contributed by atoms with Gasteiger partial charge in [-0.15, -0.1) is 11.3 Å². The van der Waals surface area contributed by atoms with Gasteiger partial charge in [0.15, 0.2) is 0 Å². The van der Waals surface area contributed by atoms with Crippen LogP contribution >= 0.6 is 11.3 Å². The molecule has 380 valence electrons. The highest BCUT2D eigenvalue weighted by Crippen LogP contribution is 2.51. The summed E-state index contributed by atoms with van der Waals surface area (Å²) in [6.07, 6.45) is 0. The number of fused-ring (bicyclic) bond motifs is 6. The summed E-state index contributed by atoms with van der Waals surface area (Å²) in [5.41, 5.74) is 14.4. The maximum Gasteiger partial charge on any atom is 0.147 e. The molecule has 0 aliphatic heterocycles. The standard InChI is InChI=1S/C74H49F2N3S/c75-55-39-42-59(43-40-55)79(71-37-17-15-35-69(71)76)61-31-18-22-52(45-61)54-47-67(64-33-14-16-36-70(64)78(57-26-6-2-7-27-57)58-28-8-3-9-29-58)73-68-49-66(63-32-12-13-34-65(63)74(68)80-72(73)48-54)53-23-19-30-60(46-53)77(56-24-4-1-5-25-56)62-41-38-50-20-10-11-21-51(50)44-62/h1-49H. The van der Waals surface area contributed by atoms with Crippen LogP contribution in [0.2, 0.25) is 0 Å². The minimum Gasteiger partial charge on any atom is -0.310 e. The molecule has 0 saturated heterocycles. The van der Waals surface area contributed by atoms with Gasteiger partial charge in [-0.05, 0) is 177 Å². The van der Waals surface area contributed by atoms with E-state index in [1.807, 2.05) is 34.4 Å². The number of hydrogen-bond acceptors (Lipinski definition) is 4. The Morgan fingerprint density at radius 3 is 1.50 bits per heavy atom. The Kier molecular flexibility index (Phi) is 12.5. The van der Waals surface area contributed by atoms with Gasteiger partial charge in [0.1, 0.15) is 11.6 Å². The van der Waals surface area contributed by atoms with Crippen molar-refractivity contribution in [1.29, 1.82) is 0 Å². The minimum atomic E-state index is -0.383. The van der Waals surface area contributed by atoms with Crippen molar-refractivity contribution < 1.29 is 8.78 Å². The largest absolute Gasteiger partial charge is 0.310 e. The van der Waals surface area contributed by atoms with E-state index in [1.165, 1.54) is 44.4 Å². The first-order valence-electron chi connectivity index (χ1n) is 26.8. The second kappa shape index (κ2) is 20.7. The third-order valence-corrected chi connectivity index (χ3v) is 16.3. The van der Waals surface area contributed by atoms with Crippen LogP contribution in [0, 0.1) is 11.6 Å². The topological polar surface area (TPSA) is 9.72 Å². The molecular weight excluding hydrogens is 1000 g/mol. The van der Waals surface area contributed by atoms with Crippen molar-refractivity contribution in [2.75, 3.05) is 14.7 Å². The molecule has 0 aliphatic rings. The Morgan fingerprint density at radius 2 is 0.787 bits per heavy atom. The molecule has 0 aliphatic carbocycles. The molecule has 80 heavy (non-hydrogen) atoms. The summed E-state index contributed by atoms with van der Waals surface area (Å²) in [4.78, 5) is 6.55. The van der Waals surface area contributed by atoms with Gasteiger partial charge in [-0.1, -0.05) is 164 Å². The number of nitrogens with zero attached hydrogens (tertiary/aromatic N) is 3. The average molecular weight is 1050 g/mol. The second-order valence-electron chi connectivity index (χ2n) is 19.9. The van der Waals surface area contributed by atoms with Crippen LogP contribution in [0.4, 0.5) is 60.0 Å².